The van der Waals surface area contributed by atoms with Gasteiger partial charge in [0, 0.05) is 17.2 Å². The van der Waals surface area contributed by atoms with Crippen LogP contribution in [-0.4, -0.2) is 23.2 Å². The highest BCUT2D eigenvalue weighted by molar-refractivity contribution is 9.10. The summed E-state index contributed by atoms with van der Waals surface area (Å²) in [6, 6.07) is 3.71. The number of hydrogen-bond acceptors (Lipinski definition) is 3. The maximum Gasteiger partial charge on any atom is 0.127 e. The Labute approximate surface area is 73.6 Å². The minimum atomic E-state index is 0.119. The van der Waals surface area contributed by atoms with Gasteiger partial charge in [-0.2, -0.15) is 0 Å². The number of pyridine rings is 1. The fourth-order valence-corrected chi connectivity index (χ4v) is 1.02. The van der Waals surface area contributed by atoms with Crippen LogP contribution in [0.15, 0.2) is 22.8 Å². The lowest BCUT2D eigenvalue weighted by atomic mass is 10.4. The number of hydrogen-bond donors (Lipinski definition) is 2. The quantitative estimate of drug-likeness (QED) is 0.800. The third kappa shape index (κ3) is 2.86. The first-order chi connectivity index (χ1) is 5.33. The fraction of sp³-hybridized carbons (Fsp3) is 0.286. The van der Waals surface area contributed by atoms with Crippen LogP contribution in [0, 0.1) is 0 Å². The molecule has 3 nitrogen and oxygen atoms in total. The van der Waals surface area contributed by atoms with Crippen LogP contribution >= 0.6 is 15.9 Å². The van der Waals surface area contributed by atoms with E-state index in [4.69, 9.17) is 5.11 Å². The van der Waals surface area contributed by atoms with Crippen molar-refractivity contribution in [3.8, 4) is 0 Å². The van der Waals surface area contributed by atoms with Crippen LogP contribution in [0.2, 0.25) is 0 Å². The van der Waals surface area contributed by atoms with E-state index in [1.165, 1.54) is 0 Å². The molecule has 0 fully saturated rings. The van der Waals surface area contributed by atoms with E-state index in [-0.39, 0.29) is 6.61 Å². The summed E-state index contributed by atoms with van der Waals surface area (Å²) in [5.74, 6) is 0.772. The zero-order valence-corrected chi connectivity index (χ0v) is 7.50. The Kier molecular flexibility index (Phi) is 3.32. The van der Waals surface area contributed by atoms with Crippen molar-refractivity contribution in [2.75, 3.05) is 18.5 Å². The van der Waals surface area contributed by atoms with Gasteiger partial charge in [-0.1, -0.05) is 15.9 Å². The smallest absolute Gasteiger partial charge is 0.127 e. The molecule has 1 rings (SSSR count). The summed E-state index contributed by atoms with van der Waals surface area (Å²) in [5.41, 5.74) is 0. The minimum Gasteiger partial charge on any atom is -0.395 e. The van der Waals surface area contributed by atoms with Crippen molar-refractivity contribution < 1.29 is 5.11 Å². The molecule has 0 unspecified atom stereocenters. The molecule has 60 valence electrons. The van der Waals surface area contributed by atoms with Gasteiger partial charge in [-0.15, -0.1) is 0 Å². The topological polar surface area (TPSA) is 45.1 Å². The van der Waals surface area contributed by atoms with Gasteiger partial charge in [0.15, 0.2) is 0 Å². The SMILES string of the molecule is OCCNc1cc(Br)ccn1. The molecule has 0 saturated carbocycles. The zero-order chi connectivity index (χ0) is 8.10. The lowest BCUT2D eigenvalue weighted by Crippen LogP contribution is -2.06. The number of aliphatic hydroxyl groups excluding tert-OH is 1. The Bertz CT molecular complexity index is 229. The predicted molar refractivity (Wildman–Crippen MR) is 47.5 cm³/mol. The molecule has 1 aromatic rings. The largest absolute Gasteiger partial charge is 0.395 e. The normalized spacial score (nSPS) is 9.64. The monoisotopic (exact) mass is 216 g/mol. The second-order valence-electron chi connectivity index (χ2n) is 2.01. The number of halogens is 1. The van der Waals surface area contributed by atoms with Crippen molar-refractivity contribution in [3.63, 3.8) is 0 Å². The van der Waals surface area contributed by atoms with Gasteiger partial charge in [0.2, 0.25) is 0 Å². The first-order valence-corrected chi connectivity index (χ1v) is 4.08. The van der Waals surface area contributed by atoms with Crippen molar-refractivity contribution in [1.82, 2.24) is 4.98 Å². The van der Waals surface area contributed by atoms with E-state index in [0.717, 1.165) is 10.3 Å². The van der Waals surface area contributed by atoms with Gasteiger partial charge in [-0.25, -0.2) is 4.98 Å². The highest BCUT2D eigenvalue weighted by Gasteiger charge is 1.91. The number of nitrogens with zero attached hydrogens (tertiary/aromatic N) is 1. The van der Waals surface area contributed by atoms with Crippen LogP contribution in [0.25, 0.3) is 0 Å². The molecule has 1 heterocycles. The molecule has 11 heavy (non-hydrogen) atoms. The van der Waals surface area contributed by atoms with Gasteiger partial charge in [-0.05, 0) is 12.1 Å². The number of anilines is 1. The molecule has 0 aliphatic carbocycles. The molecule has 4 heteroatoms. The summed E-state index contributed by atoms with van der Waals surface area (Å²) < 4.78 is 0.980. The molecule has 1 aromatic heterocycles. The van der Waals surface area contributed by atoms with E-state index in [0.29, 0.717) is 6.54 Å². The van der Waals surface area contributed by atoms with Crippen LogP contribution in [-0.2, 0) is 0 Å². The molecule has 2 N–H and O–H groups in total. The standard InChI is InChI=1S/C7H9BrN2O/c8-6-1-2-9-7(5-6)10-3-4-11/h1-2,5,11H,3-4H2,(H,9,10). The third-order valence-electron chi connectivity index (χ3n) is 1.14. The average molecular weight is 217 g/mol. The van der Waals surface area contributed by atoms with Crippen LogP contribution in [0.4, 0.5) is 5.82 Å². The number of aromatic nitrogens is 1. The average Bonchev–Trinajstić information content (AvgIpc) is 2.01. The molecular formula is C7H9BrN2O. The summed E-state index contributed by atoms with van der Waals surface area (Å²) in [6.45, 7) is 0.650. The molecule has 0 saturated heterocycles. The number of nitrogens with one attached hydrogen (secondary N) is 1. The Morgan fingerprint density at radius 2 is 2.45 bits per heavy atom. The van der Waals surface area contributed by atoms with Crippen LogP contribution in [0.5, 0.6) is 0 Å². The van der Waals surface area contributed by atoms with E-state index in [2.05, 4.69) is 26.2 Å². The summed E-state index contributed by atoms with van der Waals surface area (Å²) >= 11 is 3.31. The molecule has 0 spiro atoms. The van der Waals surface area contributed by atoms with Gasteiger partial charge in [0.05, 0.1) is 6.61 Å². The highest BCUT2D eigenvalue weighted by atomic mass is 79.9. The van der Waals surface area contributed by atoms with Crippen LogP contribution < -0.4 is 5.32 Å². The van der Waals surface area contributed by atoms with E-state index >= 15 is 0 Å². The van der Waals surface area contributed by atoms with Crippen molar-refractivity contribution in [2.24, 2.45) is 0 Å². The van der Waals surface area contributed by atoms with Crippen molar-refractivity contribution in [2.45, 2.75) is 0 Å². The molecule has 0 amide bonds. The zero-order valence-electron chi connectivity index (χ0n) is 5.92. The van der Waals surface area contributed by atoms with Gasteiger partial charge in [0.1, 0.15) is 5.82 Å². The van der Waals surface area contributed by atoms with Gasteiger partial charge < -0.3 is 10.4 Å². The first kappa shape index (κ1) is 8.49. The molecular weight excluding hydrogens is 208 g/mol. The van der Waals surface area contributed by atoms with Gasteiger partial charge >= 0.3 is 0 Å². The first-order valence-electron chi connectivity index (χ1n) is 3.29. The van der Waals surface area contributed by atoms with Gasteiger partial charge in [-0.3, -0.25) is 0 Å². The molecule has 0 aromatic carbocycles. The van der Waals surface area contributed by atoms with Crippen LogP contribution in [0.3, 0.4) is 0 Å². The molecule has 0 aliphatic rings. The van der Waals surface area contributed by atoms with E-state index < -0.39 is 0 Å². The summed E-state index contributed by atoms with van der Waals surface area (Å²) in [7, 11) is 0. The lowest BCUT2D eigenvalue weighted by molar-refractivity contribution is 0.311. The Hall–Kier alpha value is -0.610. The van der Waals surface area contributed by atoms with E-state index in [9.17, 15) is 0 Å². The molecule has 0 aliphatic heterocycles. The van der Waals surface area contributed by atoms with E-state index in [1.807, 2.05) is 12.1 Å². The van der Waals surface area contributed by atoms with Gasteiger partial charge in [0.25, 0.3) is 0 Å². The third-order valence-corrected chi connectivity index (χ3v) is 1.63. The fourth-order valence-electron chi connectivity index (χ4n) is 0.685. The molecule has 0 bridgehead atoms. The predicted octanol–water partition coefficient (Wildman–Crippen LogP) is 1.25. The number of aliphatic hydroxyl groups is 1. The van der Waals surface area contributed by atoms with Crippen molar-refractivity contribution in [1.29, 1.82) is 0 Å². The Morgan fingerprint density at radius 1 is 1.64 bits per heavy atom. The van der Waals surface area contributed by atoms with Crippen molar-refractivity contribution >= 4 is 21.7 Å². The Morgan fingerprint density at radius 3 is 3.09 bits per heavy atom. The maximum atomic E-state index is 8.49. The Balaban J connectivity index is 2.56. The highest BCUT2D eigenvalue weighted by Crippen LogP contribution is 2.11. The summed E-state index contributed by atoms with van der Waals surface area (Å²) in [6.07, 6.45) is 1.70. The van der Waals surface area contributed by atoms with Crippen molar-refractivity contribution in [3.05, 3.63) is 22.8 Å². The molecule has 0 radical (unpaired) electrons. The minimum absolute atomic E-state index is 0.119. The number of rotatable bonds is 3. The van der Waals surface area contributed by atoms with Crippen LogP contribution in [0.1, 0.15) is 0 Å². The second kappa shape index (κ2) is 4.31. The van der Waals surface area contributed by atoms with E-state index in [1.54, 1.807) is 6.20 Å². The summed E-state index contributed by atoms with van der Waals surface area (Å²) in [5, 5.41) is 11.4. The second-order valence-corrected chi connectivity index (χ2v) is 2.93. The molecule has 0 atom stereocenters. The maximum absolute atomic E-state index is 8.49. The lowest BCUT2D eigenvalue weighted by Gasteiger charge is -2.01. The summed E-state index contributed by atoms with van der Waals surface area (Å²) in [4.78, 5) is 4.02.